The number of non-ortho nitro benzene ring substituents is 1. The number of carbonyl (C=O) groups is 3. The molecule has 1 aliphatic heterocycles. The fourth-order valence-electron chi connectivity index (χ4n) is 1.93. The molecule has 0 spiro atoms. The standard InChI is InChI=1S/C13H12ClN3O6/c14-8-5-7(17(21)22)1-2-9(8)15-12(19)6-23-13(20)10-3-4-11(18)16-10/h1-2,5,10H,3-4,6H2,(H,15,19)(H,16,18)/t10-/m0/s1. The first-order chi connectivity index (χ1) is 10.9. The van der Waals surface area contributed by atoms with Crippen molar-refractivity contribution in [2.24, 2.45) is 0 Å². The maximum atomic E-state index is 11.7. The summed E-state index contributed by atoms with van der Waals surface area (Å²) in [5.74, 6) is -1.59. The minimum atomic E-state index is -0.738. The van der Waals surface area contributed by atoms with Crippen LogP contribution in [0.25, 0.3) is 0 Å². The Morgan fingerprint density at radius 3 is 2.78 bits per heavy atom. The van der Waals surface area contributed by atoms with Gasteiger partial charge in [0.25, 0.3) is 11.6 Å². The summed E-state index contributed by atoms with van der Waals surface area (Å²) in [4.78, 5) is 44.3. The molecule has 2 amide bonds. The number of nitro benzene ring substituents is 1. The van der Waals surface area contributed by atoms with Gasteiger partial charge in [0.15, 0.2) is 6.61 Å². The summed E-state index contributed by atoms with van der Waals surface area (Å²) in [6.45, 7) is -0.557. The number of rotatable bonds is 5. The number of hydrogen-bond donors (Lipinski definition) is 2. The van der Waals surface area contributed by atoms with Crippen LogP contribution in [0.4, 0.5) is 11.4 Å². The van der Waals surface area contributed by atoms with E-state index < -0.39 is 29.4 Å². The van der Waals surface area contributed by atoms with Gasteiger partial charge in [-0.2, -0.15) is 0 Å². The fraction of sp³-hybridized carbons (Fsp3) is 0.308. The highest BCUT2D eigenvalue weighted by Crippen LogP contribution is 2.26. The molecule has 1 fully saturated rings. The molecule has 0 aromatic heterocycles. The molecule has 23 heavy (non-hydrogen) atoms. The monoisotopic (exact) mass is 341 g/mol. The molecule has 1 aromatic carbocycles. The van der Waals surface area contributed by atoms with Gasteiger partial charge in [0.1, 0.15) is 6.04 Å². The van der Waals surface area contributed by atoms with E-state index in [0.717, 1.165) is 6.07 Å². The highest BCUT2D eigenvalue weighted by atomic mass is 35.5. The average molecular weight is 342 g/mol. The van der Waals surface area contributed by atoms with Crippen molar-refractivity contribution in [2.75, 3.05) is 11.9 Å². The lowest BCUT2D eigenvalue weighted by Gasteiger charge is -2.11. The summed E-state index contributed by atoms with van der Waals surface area (Å²) in [5, 5.41) is 15.4. The Balaban J connectivity index is 1.86. The average Bonchev–Trinajstić information content (AvgIpc) is 2.93. The first-order valence-corrected chi connectivity index (χ1v) is 6.94. The van der Waals surface area contributed by atoms with Gasteiger partial charge in [0.05, 0.1) is 15.6 Å². The van der Waals surface area contributed by atoms with Crippen molar-refractivity contribution >= 4 is 40.8 Å². The van der Waals surface area contributed by atoms with Crippen LogP contribution in [0.2, 0.25) is 5.02 Å². The van der Waals surface area contributed by atoms with Crippen molar-refractivity contribution in [2.45, 2.75) is 18.9 Å². The van der Waals surface area contributed by atoms with Gasteiger partial charge in [-0.3, -0.25) is 19.7 Å². The Morgan fingerprint density at radius 1 is 1.48 bits per heavy atom. The maximum Gasteiger partial charge on any atom is 0.329 e. The molecular formula is C13H12ClN3O6. The lowest BCUT2D eigenvalue weighted by atomic mass is 10.2. The van der Waals surface area contributed by atoms with E-state index >= 15 is 0 Å². The predicted molar refractivity (Wildman–Crippen MR) is 78.9 cm³/mol. The fourth-order valence-corrected chi connectivity index (χ4v) is 2.16. The van der Waals surface area contributed by atoms with Crippen LogP contribution < -0.4 is 10.6 Å². The Morgan fingerprint density at radius 2 is 2.22 bits per heavy atom. The minimum Gasteiger partial charge on any atom is -0.454 e. The number of nitrogens with zero attached hydrogens (tertiary/aromatic N) is 1. The number of hydrogen-bond acceptors (Lipinski definition) is 6. The minimum absolute atomic E-state index is 0.0121. The van der Waals surface area contributed by atoms with Crippen LogP contribution in [-0.2, 0) is 19.1 Å². The van der Waals surface area contributed by atoms with E-state index in [1.807, 2.05) is 0 Å². The van der Waals surface area contributed by atoms with E-state index in [1.54, 1.807) is 0 Å². The van der Waals surface area contributed by atoms with Gasteiger partial charge >= 0.3 is 5.97 Å². The SMILES string of the molecule is O=C(COC(=O)[C@@H]1CCC(=O)N1)Nc1ccc([N+](=O)[O-])cc1Cl. The van der Waals surface area contributed by atoms with Crippen LogP contribution in [0.3, 0.4) is 0 Å². The van der Waals surface area contributed by atoms with E-state index in [1.165, 1.54) is 12.1 Å². The van der Waals surface area contributed by atoms with Gasteiger partial charge in [-0.25, -0.2) is 4.79 Å². The molecule has 2 rings (SSSR count). The lowest BCUT2D eigenvalue weighted by molar-refractivity contribution is -0.384. The zero-order chi connectivity index (χ0) is 17.0. The third kappa shape index (κ3) is 4.39. The normalized spacial score (nSPS) is 16.6. The number of carbonyl (C=O) groups excluding carboxylic acids is 3. The number of ether oxygens (including phenoxy) is 1. The summed E-state index contributed by atoms with van der Waals surface area (Å²) in [6.07, 6.45) is 0.567. The largest absolute Gasteiger partial charge is 0.454 e. The van der Waals surface area contributed by atoms with Gasteiger partial charge in [-0.15, -0.1) is 0 Å². The topological polar surface area (TPSA) is 128 Å². The Bertz CT molecular complexity index is 678. The molecule has 1 saturated heterocycles. The van der Waals surface area contributed by atoms with Crippen molar-refractivity contribution in [3.8, 4) is 0 Å². The van der Waals surface area contributed by atoms with E-state index in [2.05, 4.69) is 10.6 Å². The first kappa shape index (κ1) is 16.7. The van der Waals surface area contributed by atoms with Crippen LogP contribution >= 0.6 is 11.6 Å². The molecule has 0 saturated carbocycles. The van der Waals surface area contributed by atoms with E-state index in [4.69, 9.17) is 16.3 Å². The Hall–Kier alpha value is -2.68. The highest BCUT2D eigenvalue weighted by Gasteiger charge is 2.28. The third-order valence-electron chi connectivity index (χ3n) is 3.06. The summed E-state index contributed by atoms with van der Waals surface area (Å²) in [7, 11) is 0. The van der Waals surface area contributed by atoms with Crippen molar-refractivity contribution < 1.29 is 24.0 Å². The molecule has 0 aliphatic carbocycles. The van der Waals surface area contributed by atoms with Crippen LogP contribution in [0, 0.1) is 10.1 Å². The molecule has 1 heterocycles. The van der Waals surface area contributed by atoms with Gasteiger partial charge in [0, 0.05) is 18.6 Å². The molecular weight excluding hydrogens is 330 g/mol. The second-order valence-corrected chi connectivity index (χ2v) is 5.14. The number of nitrogens with one attached hydrogen (secondary N) is 2. The molecule has 0 radical (unpaired) electrons. The molecule has 0 bridgehead atoms. The zero-order valence-electron chi connectivity index (χ0n) is 11.7. The number of anilines is 1. The number of amides is 2. The summed E-state index contributed by atoms with van der Waals surface area (Å²) < 4.78 is 4.79. The Labute approximate surface area is 135 Å². The van der Waals surface area contributed by atoms with E-state index in [-0.39, 0.29) is 28.7 Å². The molecule has 1 aliphatic rings. The maximum absolute atomic E-state index is 11.7. The smallest absolute Gasteiger partial charge is 0.329 e. The molecule has 10 heteroatoms. The summed E-state index contributed by atoms with van der Waals surface area (Å²) in [5.41, 5.74) is -0.0520. The van der Waals surface area contributed by atoms with Crippen molar-refractivity contribution in [3.63, 3.8) is 0 Å². The second kappa shape index (κ2) is 7.05. The lowest BCUT2D eigenvalue weighted by Crippen LogP contribution is -2.36. The molecule has 122 valence electrons. The molecule has 2 N–H and O–H groups in total. The van der Waals surface area contributed by atoms with Gasteiger partial charge in [0.2, 0.25) is 5.91 Å². The van der Waals surface area contributed by atoms with Gasteiger partial charge in [-0.1, -0.05) is 11.6 Å². The van der Waals surface area contributed by atoms with E-state index in [0.29, 0.717) is 6.42 Å². The summed E-state index contributed by atoms with van der Waals surface area (Å²) in [6, 6.07) is 2.81. The Kier molecular flexibility index (Phi) is 5.12. The van der Waals surface area contributed by atoms with Gasteiger partial charge in [-0.05, 0) is 12.5 Å². The number of esters is 1. The van der Waals surface area contributed by atoms with Crippen molar-refractivity contribution in [1.29, 1.82) is 0 Å². The van der Waals surface area contributed by atoms with Crippen LogP contribution in [0.1, 0.15) is 12.8 Å². The zero-order valence-corrected chi connectivity index (χ0v) is 12.5. The van der Waals surface area contributed by atoms with Crippen molar-refractivity contribution in [1.82, 2.24) is 5.32 Å². The number of nitro groups is 1. The second-order valence-electron chi connectivity index (χ2n) is 4.74. The first-order valence-electron chi connectivity index (χ1n) is 6.56. The van der Waals surface area contributed by atoms with Crippen LogP contribution in [0.5, 0.6) is 0 Å². The number of benzene rings is 1. The van der Waals surface area contributed by atoms with E-state index in [9.17, 15) is 24.5 Å². The van der Waals surface area contributed by atoms with Crippen molar-refractivity contribution in [3.05, 3.63) is 33.3 Å². The van der Waals surface area contributed by atoms with Crippen LogP contribution in [0.15, 0.2) is 18.2 Å². The molecule has 0 unspecified atom stereocenters. The highest BCUT2D eigenvalue weighted by molar-refractivity contribution is 6.34. The summed E-state index contributed by atoms with van der Waals surface area (Å²) >= 11 is 5.83. The quantitative estimate of drug-likeness (QED) is 0.467. The predicted octanol–water partition coefficient (Wildman–Crippen LogP) is 1.01. The van der Waals surface area contributed by atoms with Crippen LogP contribution in [-0.4, -0.2) is 35.4 Å². The number of halogens is 1. The molecule has 9 nitrogen and oxygen atoms in total. The van der Waals surface area contributed by atoms with Gasteiger partial charge < -0.3 is 15.4 Å². The molecule has 1 aromatic rings. The molecule has 1 atom stereocenters. The third-order valence-corrected chi connectivity index (χ3v) is 3.38.